The van der Waals surface area contributed by atoms with Crippen LogP contribution < -0.4 is 0 Å². The minimum Gasteiger partial charge on any atom is -0.455 e. The standard InChI is InChI=1S/C17H23FO/c1-8-15(10-9-12(2)3)19-17(14(6)7)16(18)11-13(4)5/h8-11H,2,4H2,1,3,5-7H3. The smallest absolute Gasteiger partial charge is 0.165 e. The van der Waals surface area contributed by atoms with Crippen LogP contribution in [-0.2, 0) is 4.74 Å². The van der Waals surface area contributed by atoms with Crippen LogP contribution in [0.4, 0.5) is 4.39 Å². The zero-order valence-electron chi connectivity index (χ0n) is 12.5. The molecular formula is C17H23FO. The van der Waals surface area contributed by atoms with Gasteiger partial charge in [-0.05, 0) is 58.4 Å². The summed E-state index contributed by atoms with van der Waals surface area (Å²) in [6.07, 6.45) is 6.71. The van der Waals surface area contributed by atoms with Crippen molar-refractivity contribution in [2.24, 2.45) is 0 Å². The van der Waals surface area contributed by atoms with Gasteiger partial charge in [-0.3, -0.25) is 0 Å². The van der Waals surface area contributed by atoms with Gasteiger partial charge in [-0.2, -0.15) is 0 Å². The lowest BCUT2D eigenvalue weighted by atomic mass is 10.2. The molecule has 0 aromatic rings. The highest BCUT2D eigenvalue weighted by Crippen LogP contribution is 2.22. The van der Waals surface area contributed by atoms with E-state index in [1.807, 2.05) is 19.9 Å². The van der Waals surface area contributed by atoms with Gasteiger partial charge in [0.1, 0.15) is 5.76 Å². The first-order valence-corrected chi connectivity index (χ1v) is 6.16. The number of hydrogen-bond donors (Lipinski definition) is 0. The summed E-state index contributed by atoms with van der Waals surface area (Å²) in [6.45, 7) is 16.5. The molecule has 0 N–H and O–H groups in total. The van der Waals surface area contributed by atoms with E-state index in [9.17, 15) is 4.39 Å². The van der Waals surface area contributed by atoms with Crippen LogP contribution in [-0.4, -0.2) is 0 Å². The molecule has 0 bridgehead atoms. The molecule has 0 aromatic heterocycles. The molecule has 0 aliphatic heterocycles. The molecule has 0 fully saturated rings. The molecule has 2 heteroatoms. The first kappa shape index (κ1) is 17.2. The van der Waals surface area contributed by atoms with Crippen molar-refractivity contribution >= 4 is 0 Å². The van der Waals surface area contributed by atoms with Gasteiger partial charge in [0.15, 0.2) is 11.6 Å². The van der Waals surface area contributed by atoms with Gasteiger partial charge in [-0.15, -0.1) is 0 Å². The fraction of sp³-hybridized carbons (Fsp3) is 0.294. The molecule has 0 aromatic carbocycles. The maximum absolute atomic E-state index is 14.0. The number of halogens is 1. The molecule has 0 saturated carbocycles. The third-order valence-electron chi connectivity index (χ3n) is 2.08. The van der Waals surface area contributed by atoms with Crippen LogP contribution in [0.2, 0.25) is 0 Å². The lowest BCUT2D eigenvalue weighted by Crippen LogP contribution is -1.95. The Labute approximate surface area is 116 Å². The molecule has 0 saturated heterocycles. The van der Waals surface area contributed by atoms with E-state index >= 15 is 0 Å². The van der Waals surface area contributed by atoms with Crippen LogP contribution in [0.15, 0.2) is 71.5 Å². The second-order valence-corrected chi connectivity index (χ2v) is 4.64. The van der Waals surface area contributed by atoms with Crippen molar-refractivity contribution in [3.05, 3.63) is 71.5 Å². The first-order valence-electron chi connectivity index (χ1n) is 6.16. The van der Waals surface area contributed by atoms with Crippen LogP contribution in [0.25, 0.3) is 0 Å². The van der Waals surface area contributed by atoms with E-state index < -0.39 is 5.83 Å². The largest absolute Gasteiger partial charge is 0.455 e. The molecule has 0 aliphatic rings. The molecule has 0 radical (unpaired) electrons. The maximum atomic E-state index is 14.0. The van der Waals surface area contributed by atoms with Crippen molar-refractivity contribution < 1.29 is 9.13 Å². The van der Waals surface area contributed by atoms with Gasteiger partial charge < -0.3 is 4.74 Å². The van der Waals surface area contributed by atoms with E-state index in [0.29, 0.717) is 11.3 Å². The fourth-order valence-electron chi connectivity index (χ4n) is 1.20. The third-order valence-corrected chi connectivity index (χ3v) is 2.08. The minimum absolute atomic E-state index is 0.225. The zero-order valence-corrected chi connectivity index (χ0v) is 12.5. The minimum atomic E-state index is -0.421. The number of allylic oxidation sites excluding steroid dienone is 8. The van der Waals surface area contributed by atoms with Crippen molar-refractivity contribution in [2.45, 2.75) is 34.6 Å². The van der Waals surface area contributed by atoms with Crippen molar-refractivity contribution in [1.82, 2.24) is 0 Å². The molecule has 0 spiro atoms. The van der Waals surface area contributed by atoms with Gasteiger partial charge in [0.05, 0.1) is 0 Å². The number of hydrogen-bond acceptors (Lipinski definition) is 1. The number of rotatable bonds is 6. The topological polar surface area (TPSA) is 9.23 Å². The summed E-state index contributed by atoms with van der Waals surface area (Å²) in [6, 6.07) is 0. The highest BCUT2D eigenvalue weighted by Gasteiger charge is 2.09. The van der Waals surface area contributed by atoms with Crippen molar-refractivity contribution in [3.8, 4) is 0 Å². The van der Waals surface area contributed by atoms with Gasteiger partial charge in [0, 0.05) is 0 Å². The highest BCUT2D eigenvalue weighted by molar-refractivity contribution is 5.32. The normalized spacial score (nSPS) is 12.5. The van der Waals surface area contributed by atoms with E-state index in [2.05, 4.69) is 13.2 Å². The van der Waals surface area contributed by atoms with Crippen LogP contribution in [0.3, 0.4) is 0 Å². The lowest BCUT2D eigenvalue weighted by molar-refractivity contribution is 0.304. The molecule has 1 nitrogen and oxygen atoms in total. The van der Waals surface area contributed by atoms with Crippen molar-refractivity contribution in [2.75, 3.05) is 0 Å². The molecule has 0 amide bonds. The molecule has 0 aliphatic carbocycles. The monoisotopic (exact) mass is 262 g/mol. The maximum Gasteiger partial charge on any atom is 0.165 e. The molecule has 0 unspecified atom stereocenters. The molecule has 0 rings (SSSR count). The van der Waals surface area contributed by atoms with E-state index in [4.69, 9.17) is 4.74 Å². The van der Waals surface area contributed by atoms with Gasteiger partial charge in [-0.25, -0.2) is 4.39 Å². The van der Waals surface area contributed by atoms with Gasteiger partial charge in [0.25, 0.3) is 0 Å². The zero-order chi connectivity index (χ0) is 15.0. The van der Waals surface area contributed by atoms with Crippen LogP contribution in [0.5, 0.6) is 0 Å². The fourth-order valence-corrected chi connectivity index (χ4v) is 1.20. The van der Waals surface area contributed by atoms with Crippen molar-refractivity contribution in [3.63, 3.8) is 0 Å². The van der Waals surface area contributed by atoms with E-state index in [1.54, 1.807) is 32.9 Å². The quantitative estimate of drug-likeness (QED) is 0.436. The van der Waals surface area contributed by atoms with E-state index in [0.717, 1.165) is 11.1 Å². The summed E-state index contributed by atoms with van der Waals surface area (Å²) < 4.78 is 19.6. The Hall–Kier alpha value is -1.83. The summed E-state index contributed by atoms with van der Waals surface area (Å²) in [5.74, 6) is 0.377. The average Bonchev–Trinajstić information content (AvgIpc) is 2.27. The average molecular weight is 262 g/mol. The summed E-state index contributed by atoms with van der Waals surface area (Å²) in [7, 11) is 0. The molecule has 104 valence electrons. The Morgan fingerprint density at radius 3 is 1.95 bits per heavy atom. The number of ether oxygens (including phenoxy) is 1. The first-order chi connectivity index (χ1) is 8.77. The molecule has 0 heterocycles. The second-order valence-electron chi connectivity index (χ2n) is 4.64. The van der Waals surface area contributed by atoms with Gasteiger partial charge in [-0.1, -0.05) is 30.4 Å². The van der Waals surface area contributed by atoms with E-state index in [1.165, 1.54) is 6.08 Å². The van der Waals surface area contributed by atoms with Crippen LogP contribution in [0, 0.1) is 0 Å². The Balaban J connectivity index is 5.23. The summed E-state index contributed by atoms with van der Waals surface area (Å²) in [5, 5.41) is 0. The Kier molecular flexibility index (Phi) is 7.50. The molecule has 19 heavy (non-hydrogen) atoms. The van der Waals surface area contributed by atoms with Crippen LogP contribution in [0.1, 0.15) is 34.6 Å². The Morgan fingerprint density at radius 1 is 1.00 bits per heavy atom. The summed E-state index contributed by atoms with van der Waals surface area (Å²) in [4.78, 5) is 0. The molecule has 0 atom stereocenters. The predicted octanol–water partition coefficient (Wildman–Crippen LogP) is 5.76. The summed E-state index contributed by atoms with van der Waals surface area (Å²) >= 11 is 0. The second kappa shape index (κ2) is 8.30. The highest BCUT2D eigenvalue weighted by atomic mass is 19.1. The van der Waals surface area contributed by atoms with Gasteiger partial charge in [0.2, 0.25) is 0 Å². The van der Waals surface area contributed by atoms with E-state index in [-0.39, 0.29) is 5.76 Å². The molecular weight excluding hydrogens is 239 g/mol. The predicted molar refractivity (Wildman–Crippen MR) is 81.2 cm³/mol. The Bertz CT molecular complexity index is 469. The van der Waals surface area contributed by atoms with Crippen LogP contribution >= 0.6 is 0 Å². The third kappa shape index (κ3) is 7.24. The van der Waals surface area contributed by atoms with Crippen molar-refractivity contribution in [1.29, 1.82) is 0 Å². The van der Waals surface area contributed by atoms with Gasteiger partial charge >= 0.3 is 0 Å². The SMILES string of the molecule is C=C(C)C=CC(=CC)OC(C(F)=CC(=C)C)=C(C)C. The summed E-state index contributed by atoms with van der Waals surface area (Å²) in [5.41, 5.74) is 2.30. The Morgan fingerprint density at radius 2 is 1.58 bits per heavy atom. The lowest BCUT2D eigenvalue weighted by Gasteiger charge is -2.11.